The van der Waals surface area contributed by atoms with Gasteiger partial charge < -0.3 is 24.4 Å². The summed E-state index contributed by atoms with van der Waals surface area (Å²) in [4.78, 5) is 31.0. The number of thiazole rings is 1. The second-order valence-electron chi connectivity index (χ2n) is 12.9. The van der Waals surface area contributed by atoms with E-state index in [-0.39, 0.29) is 18.1 Å². The number of Topliss-reactive ketones (excluding diaryl/α,β-unsaturated/α-hetero) is 1. The van der Waals surface area contributed by atoms with E-state index in [2.05, 4.69) is 11.9 Å². The van der Waals surface area contributed by atoms with Crippen molar-refractivity contribution >= 4 is 29.2 Å². The Morgan fingerprint density at radius 1 is 1.17 bits per heavy atom. The average Bonchev–Trinajstić information content (AvgIpc) is 3.25. The van der Waals surface area contributed by atoms with Crippen LogP contribution in [-0.4, -0.2) is 50.5 Å². The Balaban J connectivity index is 1.55. The number of aliphatic hydroxyl groups is 2. The number of fused-ring (bicyclic) bond motifs is 1. The molecule has 42 heavy (non-hydrogen) atoms. The van der Waals surface area contributed by atoms with E-state index in [1.165, 1.54) is 11.3 Å². The number of aliphatic hydroxyl groups excluding tert-OH is 1. The molecule has 8 nitrogen and oxygen atoms in total. The number of nitrogens with zero attached hydrogens (tertiary/aromatic N) is 1. The summed E-state index contributed by atoms with van der Waals surface area (Å²) in [5, 5.41) is 25.5. The molecule has 9 heteroatoms. The lowest BCUT2D eigenvalue weighted by atomic mass is 9.75. The highest BCUT2D eigenvalue weighted by Crippen LogP contribution is 2.53. The number of cyclic esters (lactones) is 1. The predicted molar refractivity (Wildman–Crippen MR) is 162 cm³/mol. The van der Waals surface area contributed by atoms with Crippen molar-refractivity contribution in [1.82, 2.24) is 4.98 Å². The van der Waals surface area contributed by atoms with E-state index in [1.807, 2.05) is 56.5 Å². The van der Waals surface area contributed by atoms with Crippen molar-refractivity contribution in [3.8, 4) is 5.75 Å². The molecule has 2 fully saturated rings. The minimum Gasteiger partial charge on any atom is -0.486 e. The van der Waals surface area contributed by atoms with Gasteiger partial charge in [0.1, 0.15) is 28.7 Å². The topological polar surface area (TPSA) is 118 Å². The van der Waals surface area contributed by atoms with Crippen LogP contribution in [-0.2, 0) is 25.7 Å². The van der Waals surface area contributed by atoms with Crippen LogP contribution in [0.1, 0.15) is 90.8 Å². The molecule has 0 aliphatic carbocycles. The van der Waals surface area contributed by atoms with E-state index in [9.17, 15) is 19.8 Å². The summed E-state index contributed by atoms with van der Waals surface area (Å²) in [5.74, 6) is -1.32. The van der Waals surface area contributed by atoms with Gasteiger partial charge in [0.2, 0.25) is 5.79 Å². The van der Waals surface area contributed by atoms with Gasteiger partial charge in [-0.3, -0.25) is 9.59 Å². The number of epoxide rings is 1. The third-order valence-corrected chi connectivity index (χ3v) is 9.56. The predicted octanol–water partition coefficient (Wildman–Crippen LogP) is 6.10. The zero-order chi connectivity index (χ0) is 30.7. The van der Waals surface area contributed by atoms with E-state index in [1.54, 1.807) is 19.9 Å². The van der Waals surface area contributed by atoms with Crippen molar-refractivity contribution in [2.24, 2.45) is 17.3 Å². The molecule has 1 aromatic carbocycles. The number of hydrogen-bond acceptors (Lipinski definition) is 9. The van der Waals surface area contributed by atoms with Crippen molar-refractivity contribution in [2.45, 2.75) is 110 Å². The molecule has 2 aromatic rings. The zero-order valence-corrected chi connectivity index (χ0v) is 26.4. The molecule has 2 aliphatic rings. The molecular weight excluding hydrogens is 554 g/mol. The number of esters is 1. The normalized spacial score (nSPS) is 33.0. The average molecular weight is 600 g/mol. The Morgan fingerprint density at radius 2 is 1.88 bits per heavy atom. The highest BCUT2D eigenvalue weighted by molar-refractivity contribution is 7.09. The molecule has 0 bridgehead atoms. The molecule has 230 valence electrons. The van der Waals surface area contributed by atoms with Crippen LogP contribution in [0.2, 0.25) is 0 Å². The highest BCUT2D eigenvalue weighted by Gasteiger charge is 2.71. The molecule has 1 aromatic heterocycles. The van der Waals surface area contributed by atoms with Gasteiger partial charge >= 0.3 is 5.97 Å². The second-order valence-corrected chi connectivity index (χ2v) is 13.9. The minimum atomic E-state index is -1.85. The number of benzene rings is 1. The van der Waals surface area contributed by atoms with Gasteiger partial charge in [-0.15, -0.1) is 11.3 Å². The van der Waals surface area contributed by atoms with Crippen molar-refractivity contribution in [2.75, 3.05) is 0 Å². The van der Waals surface area contributed by atoms with Crippen molar-refractivity contribution in [3.05, 3.63) is 52.0 Å². The number of carbonyl (C=O) groups is 2. The smallest absolute Gasteiger partial charge is 0.306 e. The lowest BCUT2D eigenvalue weighted by Crippen LogP contribution is -2.47. The highest BCUT2D eigenvalue weighted by atomic mass is 32.1. The van der Waals surface area contributed by atoms with Gasteiger partial charge in [-0.05, 0) is 62.8 Å². The molecule has 0 radical (unpaired) electrons. The quantitative estimate of drug-likeness (QED) is 0.313. The summed E-state index contributed by atoms with van der Waals surface area (Å²) in [5.41, 5.74) is -0.522. The van der Waals surface area contributed by atoms with Crippen LogP contribution in [0.3, 0.4) is 0 Å². The maximum Gasteiger partial charge on any atom is 0.306 e. The van der Waals surface area contributed by atoms with Gasteiger partial charge in [-0.2, -0.15) is 0 Å². The minimum absolute atomic E-state index is 0.00570. The van der Waals surface area contributed by atoms with Gasteiger partial charge in [-0.1, -0.05) is 58.7 Å². The molecule has 0 spiro atoms. The maximum absolute atomic E-state index is 13.3. The zero-order valence-electron chi connectivity index (χ0n) is 25.6. The van der Waals surface area contributed by atoms with Crippen LogP contribution in [0, 0.1) is 17.3 Å². The van der Waals surface area contributed by atoms with E-state index in [0.717, 1.165) is 30.0 Å². The maximum atomic E-state index is 13.3. The number of hydrogen-bond donors (Lipinski definition) is 2. The summed E-state index contributed by atoms with van der Waals surface area (Å²) < 4.78 is 17.4. The molecule has 6 atom stereocenters. The Labute approximate surface area is 253 Å². The van der Waals surface area contributed by atoms with Gasteiger partial charge in [0.25, 0.3) is 0 Å². The third kappa shape index (κ3) is 7.48. The SMILES string of the molecule is CC(=Cc1csc(COc2ccccc2)n1)C1OC(=O)CCC(C)(C)C(=O)C(C)CC(C)CCCC2(C)OC2(O)C1O. The summed E-state index contributed by atoms with van der Waals surface area (Å²) >= 11 is 1.44. The molecule has 2 saturated heterocycles. The summed E-state index contributed by atoms with van der Waals surface area (Å²) in [6, 6.07) is 9.48. The number of rotatable bonds is 5. The number of ether oxygens (including phenoxy) is 3. The molecule has 2 N–H and O–H groups in total. The monoisotopic (exact) mass is 599 g/mol. The van der Waals surface area contributed by atoms with E-state index < -0.39 is 35.0 Å². The third-order valence-electron chi connectivity index (χ3n) is 8.72. The fourth-order valence-electron chi connectivity index (χ4n) is 5.99. The number of carbonyl (C=O) groups excluding carboxylic acids is 2. The van der Waals surface area contributed by atoms with E-state index >= 15 is 0 Å². The summed E-state index contributed by atoms with van der Waals surface area (Å²) in [6.07, 6.45) is 2.32. The fourth-order valence-corrected chi connectivity index (χ4v) is 6.65. The number of ketones is 1. The first-order valence-corrected chi connectivity index (χ1v) is 15.8. The first-order chi connectivity index (χ1) is 19.7. The Hall–Kier alpha value is -2.59. The molecule has 3 heterocycles. The van der Waals surface area contributed by atoms with Crippen molar-refractivity contribution < 1.29 is 34.0 Å². The number of aromatic nitrogens is 1. The van der Waals surface area contributed by atoms with Crippen LogP contribution in [0.25, 0.3) is 6.08 Å². The van der Waals surface area contributed by atoms with Crippen molar-refractivity contribution in [3.63, 3.8) is 0 Å². The lowest BCUT2D eigenvalue weighted by Gasteiger charge is -2.30. The van der Waals surface area contributed by atoms with Crippen LogP contribution in [0.15, 0.2) is 41.3 Å². The Kier molecular flexibility index (Phi) is 9.97. The summed E-state index contributed by atoms with van der Waals surface area (Å²) in [6.45, 7) is 11.7. The number of para-hydroxylation sites is 1. The van der Waals surface area contributed by atoms with Gasteiger partial charge in [0, 0.05) is 23.1 Å². The Bertz CT molecular complexity index is 1270. The first kappa shape index (κ1) is 32.3. The van der Waals surface area contributed by atoms with E-state index in [4.69, 9.17) is 14.2 Å². The second kappa shape index (κ2) is 13.0. The molecule has 0 saturated carbocycles. The molecule has 2 aliphatic heterocycles. The van der Waals surface area contributed by atoms with Crippen LogP contribution >= 0.6 is 11.3 Å². The van der Waals surface area contributed by atoms with E-state index in [0.29, 0.717) is 36.6 Å². The molecule has 6 unspecified atom stereocenters. The lowest BCUT2D eigenvalue weighted by molar-refractivity contribution is -0.165. The van der Waals surface area contributed by atoms with Crippen LogP contribution in [0.4, 0.5) is 0 Å². The van der Waals surface area contributed by atoms with Crippen LogP contribution < -0.4 is 4.74 Å². The molecular formula is C33H45NO7S. The van der Waals surface area contributed by atoms with Crippen molar-refractivity contribution in [1.29, 1.82) is 0 Å². The van der Waals surface area contributed by atoms with Crippen LogP contribution in [0.5, 0.6) is 5.75 Å². The van der Waals surface area contributed by atoms with Gasteiger partial charge in [0.05, 0.1) is 5.69 Å². The van der Waals surface area contributed by atoms with Gasteiger partial charge in [-0.25, -0.2) is 4.98 Å². The molecule has 0 amide bonds. The first-order valence-electron chi connectivity index (χ1n) is 14.9. The summed E-state index contributed by atoms with van der Waals surface area (Å²) in [7, 11) is 0. The largest absolute Gasteiger partial charge is 0.486 e. The van der Waals surface area contributed by atoms with Gasteiger partial charge in [0.15, 0.2) is 12.2 Å². The standard InChI is InChI=1S/C33H45NO7S/c1-21-11-10-15-32(6)33(38,41-32)30(37)28(40-27(35)14-16-31(4,5)29(36)23(3)17-21)22(2)18-24-20-42-26(34-24)19-39-25-12-8-7-9-13-25/h7-9,12-13,18,20-21,23,28,30,37-38H,10-11,14-17,19H2,1-6H3. The molecule has 4 rings (SSSR count). The fraction of sp³-hybridized carbons (Fsp3) is 0.606. The Morgan fingerprint density at radius 3 is 2.60 bits per heavy atom.